The summed E-state index contributed by atoms with van der Waals surface area (Å²) in [5.41, 5.74) is -1.29. The second-order valence-corrected chi connectivity index (χ2v) is 6.72. The molecule has 2 unspecified atom stereocenters. The van der Waals surface area contributed by atoms with Crippen LogP contribution in [-0.2, 0) is 16.4 Å². The third kappa shape index (κ3) is 2.30. The smallest absolute Gasteiger partial charge is 0.418 e. The highest BCUT2D eigenvalue weighted by Crippen LogP contribution is 2.52. The summed E-state index contributed by atoms with van der Waals surface area (Å²) >= 11 is 0. The van der Waals surface area contributed by atoms with Crippen molar-refractivity contribution in [1.29, 1.82) is 0 Å². The first-order valence-corrected chi connectivity index (χ1v) is 8.37. The van der Waals surface area contributed by atoms with E-state index in [1.165, 1.54) is 18.2 Å². The Hall–Kier alpha value is -2.54. The molecule has 136 valence electrons. The third-order valence-corrected chi connectivity index (χ3v) is 5.39. The number of alkyl halides is 3. The van der Waals surface area contributed by atoms with Crippen molar-refractivity contribution in [2.24, 2.45) is 5.92 Å². The predicted octanol–water partition coefficient (Wildman–Crippen LogP) is 3.26. The Balaban J connectivity index is 1.99. The van der Waals surface area contributed by atoms with Gasteiger partial charge < -0.3 is 15.7 Å². The summed E-state index contributed by atoms with van der Waals surface area (Å²) < 4.78 is 40.4. The highest BCUT2D eigenvalue weighted by molar-refractivity contribution is 6.09. The van der Waals surface area contributed by atoms with Gasteiger partial charge in [0.15, 0.2) is 0 Å². The first-order valence-electron chi connectivity index (χ1n) is 8.37. The van der Waals surface area contributed by atoms with Crippen LogP contribution in [0.1, 0.15) is 23.1 Å². The number of amides is 1. The molecule has 0 bridgehead atoms. The lowest BCUT2D eigenvalue weighted by Gasteiger charge is -2.34. The van der Waals surface area contributed by atoms with Crippen LogP contribution in [0, 0.1) is 5.92 Å². The maximum Gasteiger partial charge on any atom is 0.418 e. The molecule has 2 aliphatic rings. The number of fused-ring (bicyclic) bond motifs is 1. The summed E-state index contributed by atoms with van der Waals surface area (Å²) in [6.07, 6.45) is -3.89. The van der Waals surface area contributed by atoms with Gasteiger partial charge in [-0.05, 0) is 54.8 Å². The van der Waals surface area contributed by atoms with E-state index < -0.39 is 23.1 Å². The fourth-order valence-electron chi connectivity index (χ4n) is 4.26. The number of phenols is 1. The average molecular weight is 362 g/mol. The molecule has 0 saturated carbocycles. The molecular formula is C19H17F3N2O2. The Morgan fingerprint density at radius 3 is 2.46 bits per heavy atom. The monoisotopic (exact) mass is 362 g/mol. The molecule has 1 saturated heterocycles. The number of anilines is 1. The van der Waals surface area contributed by atoms with Crippen LogP contribution in [-0.4, -0.2) is 24.1 Å². The molecule has 4 nitrogen and oxygen atoms in total. The molecule has 2 atom stereocenters. The molecule has 0 aliphatic carbocycles. The number of hydrogen-bond acceptors (Lipinski definition) is 3. The van der Waals surface area contributed by atoms with Gasteiger partial charge in [0, 0.05) is 0 Å². The summed E-state index contributed by atoms with van der Waals surface area (Å²) in [7, 11) is 0. The number of hydrogen-bond donors (Lipinski definition) is 3. The predicted molar refractivity (Wildman–Crippen MR) is 89.9 cm³/mol. The fourth-order valence-corrected chi connectivity index (χ4v) is 4.26. The van der Waals surface area contributed by atoms with E-state index in [-0.39, 0.29) is 17.4 Å². The summed E-state index contributed by atoms with van der Waals surface area (Å²) in [5.74, 6) is -0.600. The van der Waals surface area contributed by atoms with Crippen molar-refractivity contribution < 1.29 is 23.1 Å². The Labute approximate surface area is 148 Å². The minimum absolute atomic E-state index is 0.0381. The van der Waals surface area contributed by atoms with Crippen LogP contribution in [0.5, 0.6) is 5.75 Å². The second-order valence-electron chi connectivity index (χ2n) is 6.72. The number of carbonyl (C=O) groups excluding carboxylic acids is 1. The van der Waals surface area contributed by atoms with Crippen LogP contribution in [0.25, 0.3) is 0 Å². The number of nitrogens with one attached hydrogen (secondary N) is 2. The Morgan fingerprint density at radius 1 is 1.12 bits per heavy atom. The number of carbonyl (C=O) groups is 1. The lowest BCUT2D eigenvalue weighted by molar-refractivity contribution is -0.136. The molecule has 2 aliphatic heterocycles. The summed E-state index contributed by atoms with van der Waals surface area (Å²) in [6, 6.07) is 10.1. The fraction of sp³-hybridized carbons (Fsp3) is 0.316. The Bertz CT molecular complexity index is 858. The van der Waals surface area contributed by atoms with Crippen LogP contribution in [0.3, 0.4) is 0 Å². The summed E-state index contributed by atoms with van der Waals surface area (Å²) in [5, 5.41) is 15.3. The Kier molecular flexibility index (Phi) is 3.73. The van der Waals surface area contributed by atoms with Gasteiger partial charge in [-0.1, -0.05) is 24.3 Å². The number of phenolic OH excluding ortho intramolecular Hbond substituents is 1. The van der Waals surface area contributed by atoms with Crippen LogP contribution in [0.15, 0.2) is 42.5 Å². The molecule has 7 heteroatoms. The van der Waals surface area contributed by atoms with Crippen molar-refractivity contribution >= 4 is 11.6 Å². The topological polar surface area (TPSA) is 61.4 Å². The van der Waals surface area contributed by atoms with Crippen molar-refractivity contribution in [2.45, 2.75) is 18.0 Å². The van der Waals surface area contributed by atoms with Gasteiger partial charge in [-0.15, -0.1) is 0 Å². The summed E-state index contributed by atoms with van der Waals surface area (Å²) in [6.45, 7) is 1.23. The number of halogens is 3. The average Bonchev–Trinajstić information content (AvgIpc) is 3.20. The normalized spacial score (nSPS) is 25.2. The van der Waals surface area contributed by atoms with Gasteiger partial charge in [-0.2, -0.15) is 13.2 Å². The summed E-state index contributed by atoms with van der Waals surface area (Å²) in [4.78, 5) is 13.1. The van der Waals surface area contributed by atoms with Gasteiger partial charge in [-0.3, -0.25) is 4.79 Å². The zero-order valence-electron chi connectivity index (χ0n) is 13.7. The molecule has 3 N–H and O–H groups in total. The lowest BCUT2D eigenvalue weighted by atomic mass is 9.66. The second kappa shape index (κ2) is 5.74. The van der Waals surface area contributed by atoms with E-state index in [0.29, 0.717) is 30.6 Å². The quantitative estimate of drug-likeness (QED) is 0.769. The number of para-hydroxylation sites is 1. The molecule has 26 heavy (non-hydrogen) atoms. The number of aromatic hydroxyl groups is 1. The van der Waals surface area contributed by atoms with Gasteiger partial charge in [0.05, 0.1) is 11.3 Å². The van der Waals surface area contributed by atoms with Gasteiger partial charge in [-0.25, -0.2) is 0 Å². The Morgan fingerprint density at radius 2 is 1.85 bits per heavy atom. The molecule has 0 spiro atoms. The molecule has 2 aromatic carbocycles. The van der Waals surface area contributed by atoms with Crippen molar-refractivity contribution in [2.75, 3.05) is 18.4 Å². The standard InChI is InChI=1S/C19H17F3N2O2/c20-19(21,22)15-3-1-2-14-16(15)24-17(26)18(14,12-8-9-23-10-12)11-4-6-13(25)7-5-11/h1-7,12,23,25H,8-10H2,(H,24,26). The first-order chi connectivity index (χ1) is 12.3. The van der Waals surface area contributed by atoms with Crippen molar-refractivity contribution in [1.82, 2.24) is 5.32 Å². The zero-order chi connectivity index (χ0) is 18.5. The minimum atomic E-state index is -4.56. The molecule has 2 heterocycles. The van der Waals surface area contributed by atoms with Crippen LogP contribution in [0.4, 0.5) is 18.9 Å². The highest BCUT2D eigenvalue weighted by atomic mass is 19.4. The van der Waals surface area contributed by atoms with Crippen LogP contribution in [0.2, 0.25) is 0 Å². The van der Waals surface area contributed by atoms with Gasteiger partial charge in [0.2, 0.25) is 5.91 Å². The molecular weight excluding hydrogens is 345 g/mol. The number of benzene rings is 2. The van der Waals surface area contributed by atoms with E-state index >= 15 is 0 Å². The van der Waals surface area contributed by atoms with Crippen LogP contribution < -0.4 is 10.6 Å². The third-order valence-electron chi connectivity index (χ3n) is 5.39. The van der Waals surface area contributed by atoms with Crippen LogP contribution >= 0.6 is 0 Å². The van der Waals surface area contributed by atoms with Crippen molar-refractivity contribution in [3.63, 3.8) is 0 Å². The molecule has 0 aromatic heterocycles. The maximum absolute atomic E-state index is 13.5. The van der Waals surface area contributed by atoms with E-state index in [9.17, 15) is 23.1 Å². The molecule has 1 amide bonds. The largest absolute Gasteiger partial charge is 0.508 e. The molecule has 0 radical (unpaired) electrons. The maximum atomic E-state index is 13.5. The SMILES string of the molecule is O=C1Nc2c(C(F)(F)F)cccc2C1(c1ccc(O)cc1)C1CCNC1. The van der Waals surface area contributed by atoms with Crippen molar-refractivity contribution in [3.05, 3.63) is 59.2 Å². The molecule has 1 fully saturated rings. The first kappa shape index (κ1) is 16.9. The minimum Gasteiger partial charge on any atom is -0.508 e. The van der Waals surface area contributed by atoms with Gasteiger partial charge in [0.25, 0.3) is 0 Å². The highest BCUT2D eigenvalue weighted by Gasteiger charge is 2.55. The van der Waals surface area contributed by atoms with E-state index in [1.54, 1.807) is 18.2 Å². The van der Waals surface area contributed by atoms with E-state index in [2.05, 4.69) is 10.6 Å². The molecule has 4 rings (SSSR count). The van der Waals surface area contributed by atoms with Crippen molar-refractivity contribution in [3.8, 4) is 5.75 Å². The zero-order valence-corrected chi connectivity index (χ0v) is 13.7. The van der Waals surface area contributed by atoms with E-state index in [0.717, 1.165) is 6.07 Å². The van der Waals surface area contributed by atoms with Gasteiger partial charge >= 0.3 is 6.18 Å². The van der Waals surface area contributed by atoms with E-state index in [1.807, 2.05) is 0 Å². The van der Waals surface area contributed by atoms with E-state index in [4.69, 9.17) is 0 Å². The molecule has 2 aromatic rings. The van der Waals surface area contributed by atoms with Gasteiger partial charge in [0.1, 0.15) is 11.2 Å². The number of rotatable bonds is 2. The lowest BCUT2D eigenvalue weighted by Crippen LogP contribution is -2.44.